The monoisotopic (exact) mass is 322 g/mol. The molecule has 2 atom stereocenters. The van der Waals surface area contributed by atoms with Crippen molar-refractivity contribution < 1.29 is 0 Å². The molecule has 2 rings (SSSR count). The van der Waals surface area contributed by atoms with E-state index in [1.807, 2.05) is 17.9 Å². The topological polar surface area (TPSA) is 33.1 Å². The van der Waals surface area contributed by atoms with Crippen LogP contribution in [0.1, 0.15) is 19.5 Å². The molecule has 98 valence electrons. The molecule has 17 heavy (non-hydrogen) atoms. The van der Waals surface area contributed by atoms with Crippen LogP contribution in [0.2, 0.25) is 0 Å². The number of hydrogen-bond acceptors (Lipinski definition) is 3. The molecule has 0 aromatic carbocycles. The van der Waals surface area contributed by atoms with Gasteiger partial charge in [-0.05, 0) is 29.8 Å². The molecule has 0 bridgehead atoms. The smallest absolute Gasteiger partial charge is 0.0663 e. The van der Waals surface area contributed by atoms with Crippen molar-refractivity contribution in [3.05, 3.63) is 16.4 Å². The maximum absolute atomic E-state index is 4.25. The van der Waals surface area contributed by atoms with E-state index in [1.165, 1.54) is 5.69 Å². The Morgan fingerprint density at radius 1 is 1.41 bits per heavy atom. The third-order valence-corrected chi connectivity index (χ3v) is 3.68. The van der Waals surface area contributed by atoms with Crippen LogP contribution in [-0.2, 0) is 13.6 Å². The second-order valence-electron chi connectivity index (χ2n) is 4.73. The normalized spacial score (nSPS) is 25.6. The number of hydrogen-bond donors (Lipinski definition) is 1. The molecule has 0 spiro atoms. The Balaban J connectivity index is 0.00000144. The average Bonchev–Trinajstić information content (AvgIpc) is 2.48. The summed E-state index contributed by atoms with van der Waals surface area (Å²) < 4.78 is 3.05. The standard InChI is InChI=1S/C11H19BrN4.ClH/c1-8-5-16(6-9(2)14-8)7-11-10(12)4-13-15(11)3;/h4,8-9,14H,5-7H2,1-3H3;1H. The quantitative estimate of drug-likeness (QED) is 0.901. The number of rotatable bonds is 2. The summed E-state index contributed by atoms with van der Waals surface area (Å²) in [5, 5.41) is 7.79. The van der Waals surface area contributed by atoms with Gasteiger partial charge in [0.1, 0.15) is 0 Å². The summed E-state index contributed by atoms with van der Waals surface area (Å²) in [6, 6.07) is 1.13. The van der Waals surface area contributed by atoms with Crippen LogP contribution >= 0.6 is 28.3 Å². The molecule has 1 fully saturated rings. The first kappa shape index (κ1) is 15.0. The molecule has 0 aliphatic carbocycles. The zero-order valence-corrected chi connectivity index (χ0v) is 12.9. The van der Waals surface area contributed by atoms with Crippen LogP contribution in [0.15, 0.2) is 10.7 Å². The Kier molecular flexibility index (Phi) is 5.44. The van der Waals surface area contributed by atoms with Crippen molar-refractivity contribution in [3.8, 4) is 0 Å². The van der Waals surface area contributed by atoms with Crippen LogP contribution in [-0.4, -0.2) is 39.9 Å². The molecular formula is C11H20BrClN4. The second kappa shape index (κ2) is 6.18. The van der Waals surface area contributed by atoms with Crippen molar-refractivity contribution in [3.63, 3.8) is 0 Å². The van der Waals surface area contributed by atoms with Crippen molar-refractivity contribution in [1.82, 2.24) is 20.0 Å². The zero-order valence-electron chi connectivity index (χ0n) is 10.5. The van der Waals surface area contributed by atoms with Gasteiger partial charge in [-0.25, -0.2) is 0 Å². The third kappa shape index (κ3) is 3.68. The summed E-state index contributed by atoms with van der Waals surface area (Å²) >= 11 is 3.55. The van der Waals surface area contributed by atoms with E-state index >= 15 is 0 Å². The fourth-order valence-corrected chi connectivity index (χ4v) is 2.87. The van der Waals surface area contributed by atoms with E-state index in [4.69, 9.17) is 0 Å². The van der Waals surface area contributed by atoms with E-state index in [1.54, 1.807) is 0 Å². The van der Waals surface area contributed by atoms with Gasteiger partial charge in [-0.3, -0.25) is 9.58 Å². The van der Waals surface area contributed by atoms with E-state index in [0.717, 1.165) is 24.1 Å². The van der Waals surface area contributed by atoms with E-state index < -0.39 is 0 Å². The Bertz CT molecular complexity index is 339. The minimum atomic E-state index is 0. The predicted octanol–water partition coefficient (Wildman–Crippen LogP) is 1.79. The zero-order chi connectivity index (χ0) is 11.7. The number of piperazine rings is 1. The molecule has 0 amide bonds. The third-order valence-electron chi connectivity index (χ3n) is 3.02. The maximum Gasteiger partial charge on any atom is 0.0663 e. The number of aryl methyl sites for hydroxylation is 1. The number of aromatic nitrogens is 2. The number of nitrogens with one attached hydrogen (secondary N) is 1. The lowest BCUT2D eigenvalue weighted by Gasteiger charge is -2.36. The minimum absolute atomic E-state index is 0. The fourth-order valence-electron chi connectivity index (χ4n) is 2.40. The van der Waals surface area contributed by atoms with Gasteiger partial charge in [-0.15, -0.1) is 12.4 Å². The highest BCUT2D eigenvalue weighted by Crippen LogP contribution is 2.18. The molecule has 2 heterocycles. The molecule has 1 aliphatic rings. The lowest BCUT2D eigenvalue weighted by atomic mass is 10.1. The molecule has 0 saturated carbocycles. The highest BCUT2D eigenvalue weighted by atomic mass is 79.9. The van der Waals surface area contributed by atoms with Gasteiger partial charge in [0, 0.05) is 38.8 Å². The number of nitrogens with zero attached hydrogens (tertiary/aromatic N) is 3. The summed E-state index contributed by atoms with van der Waals surface area (Å²) in [5.41, 5.74) is 1.25. The molecule has 1 aromatic rings. The van der Waals surface area contributed by atoms with Gasteiger partial charge in [0.05, 0.1) is 16.4 Å². The van der Waals surface area contributed by atoms with Gasteiger partial charge >= 0.3 is 0 Å². The highest BCUT2D eigenvalue weighted by Gasteiger charge is 2.22. The summed E-state index contributed by atoms with van der Waals surface area (Å²) in [6.07, 6.45) is 1.87. The van der Waals surface area contributed by atoms with Gasteiger partial charge < -0.3 is 5.32 Å². The molecule has 0 radical (unpaired) electrons. The van der Waals surface area contributed by atoms with Crippen LogP contribution in [0.5, 0.6) is 0 Å². The molecule has 2 unspecified atom stereocenters. The fraction of sp³-hybridized carbons (Fsp3) is 0.727. The summed E-state index contributed by atoms with van der Waals surface area (Å²) in [5.74, 6) is 0. The van der Waals surface area contributed by atoms with Crippen molar-refractivity contribution in [2.24, 2.45) is 7.05 Å². The van der Waals surface area contributed by atoms with Crippen LogP contribution in [0.4, 0.5) is 0 Å². The molecule has 1 saturated heterocycles. The van der Waals surface area contributed by atoms with Gasteiger partial charge in [-0.1, -0.05) is 0 Å². The predicted molar refractivity (Wildman–Crippen MR) is 75.5 cm³/mol. The molecule has 1 aliphatic heterocycles. The number of halogens is 2. The van der Waals surface area contributed by atoms with Crippen LogP contribution in [0, 0.1) is 0 Å². The SMILES string of the molecule is CC1CN(Cc2c(Br)cnn2C)CC(C)N1.Cl. The van der Waals surface area contributed by atoms with Crippen molar-refractivity contribution in [1.29, 1.82) is 0 Å². The summed E-state index contributed by atoms with van der Waals surface area (Å²) in [4.78, 5) is 2.48. The maximum atomic E-state index is 4.25. The van der Waals surface area contributed by atoms with Crippen LogP contribution < -0.4 is 5.32 Å². The Morgan fingerprint density at radius 2 is 2.00 bits per heavy atom. The van der Waals surface area contributed by atoms with E-state index in [9.17, 15) is 0 Å². The lowest BCUT2D eigenvalue weighted by Crippen LogP contribution is -2.53. The van der Waals surface area contributed by atoms with E-state index in [2.05, 4.69) is 45.1 Å². The first-order valence-corrected chi connectivity index (χ1v) is 6.50. The minimum Gasteiger partial charge on any atom is -0.309 e. The first-order chi connectivity index (χ1) is 7.56. The Morgan fingerprint density at radius 3 is 2.47 bits per heavy atom. The van der Waals surface area contributed by atoms with Crippen molar-refractivity contribution in [2.75, 3.05) is 13.1 Å². The van der Waals surface area contributed by atoms with Crippen LogP contribution in [0.3, 0.4) is 0 Å². The highest BCUT2D eigenvalue weighted by molar-refractivity contribution is 9.10. The van der Waals surface area contributed by atoms with E-state index in [0.29, 0.717) is 12.1 Å². The molecule has 1 N–H and O–H groups in total. The lowest BCUT2D eigenvalue weighted by molar-refractivity contribution is 0.163. The molecular weight excluding hydrogens is 304 g/mol. The Hall–Kier alpha value is -0.100. The van der Waals surface area contributed by atoms with Gasteiger partial charge in [0.15, 0.2) is 0 Å². The van der Waals surface area contributed by atoms with E-state index in [-0.39, 0.29) is 12.4 Å². The molecule has 6 heteroatoms. The van der Waals surface area contributed by atoms with Gasteiger partial charge in [0.25, 0.3) is 0 Å². The first-order valence-electron chi connectivity index (χ1n) is 5.71. The van der Waals surface area contributed by atoms with Gasteiger partial charge in [0.2, 0.25) is 0 Å². The summed E-state index contributed by atoms with van der Waals surface area (Å²) in [6.45, 7) is 7.64. The average molecular weight is 324 g/mol. The molecule has 1 aromatic heterocycles. The van der Waals surface area contributed by atoms with Gasteiger partial charge in [-0.2, -0.15) is 5.10 Å². The second-order valence-corrected chi connectivity index (χ2v) is 5.58. The largest absolute Gasteiger partial charge is 0.309 e. The van der Waals surface area contributed by atoms with Crippen molar-refractivity contribution >= 4 is 28.3 Å². The van der Waals surface area contributed by atoms with Crippen LogP contribution in [0.25, 0.3) is 0 Å². The molecule has 4 nitrogen and oxygen atoms in total. The Labute approximate surface area is 117 Å². The summed E-state index contributed by atoms with van der Waals surface area (Å²) in [7, 11) is 2.00. The van der Waals surface area contributed by atoms with Crippen molar-refractivity contribution in [2.45, 2.75) is 32.5 Å².